The lowest BCUT2D eigenvalue weighted by atomic mass is 9.99. The molecule has 0 unspecified atom stereocenters. The number of benzene rings is 2. The number of hydrogen-bond acceptors (Lipinski definition) is 9. The SMILES string of the molecule is CC(=O)CCc1ccc(O[C@@H]2O[C@H](CO)[C@@H](O)[C@H](O)[C@H]2OC(=O)/C=C/c2ccc(O)cc2)cc1. The van der Waals surface area contributed by atoms with Crippen molar-refractivity contribution in [2.45, 2.75) is 50.5 Å². The molecular weight excluding hydrogens is 444 g/mol. The molecule has 9 heteroatoms. The topological polar surface area (TPSA) is 143 Å². The van der Waals surface area contributed by atoms with E-state index in [9.17, 15) is 30.0 Å². The zero-order valence-corrected chi connectivity index (χ0v) is 18.6. The third-order valence-corrected chi connectivity index (χ3v) is 5.32. The Morgan fingerprint density at radius 2 is 1.71 bits per heavy atom. The first-order valence-electron chi connectivity index (χ1n) is 10.8. The van der Waals surface area contributed by atoms with Crippen LogP contribution < -0.4 is 4.74 Å². The maximum Gasteiger partial charge on any atom is 0.331 e. The zero-order chi connectivity index (χ0) is 24.7. The molecule has 5 atom stereocenters. The number of aryl methyl sites for hydroxylation is 1. The number of phenols is 1. The van der Waals surface area contributed by atoms with E-state index in [0.29, 0.717) is 24.2 Å². The molecule has 34 heavy (non-hydrogen) atoms. The number of carbonyl (C=O) groups is 2. The summed E-state index contributed by atoms with van der Waals surface area (Å²) in [5, 5.41) is 39.6. The van der Waals surface area contributed by atoms with Crippen LogP contribution in [0.1, 0.15) is 24.5 Å². The van der Waals surface area contributed by atoms with Crippen LogP contribution >= 0.6 is 0 Å². The van der Waals surface area contributed by atoms with Gasteiger partial charge in [0.2, 0.25) is 6.29 Å². The lowest BCUT2D eigenvalue weighted by Gasteiger charge is -2.41. The number of esters is 1. The number of rotatable bonds is 9. The molecule has 0 spiro atoms. The minimum Gasteiger partial charge on any atom is -0.508 e. The Bertz CT molecular complexity index is 984. The van der Waals surface area contributed by atoms with Gasteiger partial charge in [0, 0.05) is 12.5 Å². The minimum atomic E-state index is -1.57. The first-order valence-corrected chi connectivity index (χ1v) is 10.8. The van der Waals surface area contributed by atoms with Crippen molar-refractivity contribution in [3.05, 3.63) is 65.7 Å². The number of aromatic hydroxyl groups is 1. The molecule has 2 aromatic rings. The van der Waals surface area contributed by atoms with E-state index in [2.05, 4.69) is 0 Å². The van der Waals surface area contributed by atoms with Crippen LogP contribution in [0.15, 0.2) is 54.6 Å². The number of aliphatic hydroxyl groups excluding tert-OH is 3. The van der Waals surface area contributed by atoms with Crippen molar-refractivity contribution in [1.82, 2.24) is 0 Å². The highest BCUT2D eigenvalue weighted by Gasteiger charge is 2.47. The Labute approximate surface area is 196 Å². The first-order chi connectivity index (χ1) is 16.3. The van der Waals surface area contributed by atoms with E-state index in [4.69, 9.17) is 14.2 Å². The van der Waals surface area contributed by atoms with Gasteiger partial charge in [0.05, 0.1) is 6.61 Å². The van der Waals surface area contributed by atoms with Crippen molar-refractivity contribution < 1.29 is 44.2 Å². The van der Waals surface area contributed by atoms with Gasteiger partial charge in [0.25, 0.3) is 0 Å². The van der Waals surface area contributed by atoms with Gasteiger partial charge in [-0.05, 0) is 54.8 Å². The largest absolute Gasteiger partial charge is 0.508 e. The Morgan fingerprint density at radius 1 is 1.03 bits per heavy atom. The molecule has 1 aliphatic rings. The van der Waals surface area contributed by atoms with Gasteiger partial charge in [-0.2, -0.15) is 0 Å². The van der Waals surface area contributed by atoms with E-state index < -0.39 is 43.3 Å². The van der Waals surface area contributed by atoms with Gasteiger partial charge in [0.1, 0.15) is 35.6 Å². The van der Waals surface area contributed by atoms with Crippen LogP contribution in [-0.2, 0) is 25.5 Å². The van der Waals surface area contributed by atoms with Crippen LogP contribution in [-0.4, -0.2) is 69.5 Å². The second-order valence-corrected chi connectivity index (χ2v) is 8.00. The van der Waals surface area contributed by atoms with Crippen molar-refractivity contribution >= 4 is 17.8 Å². The molecule has 182 valence electrons. The molecular formula is C25H28O9. The van der Waals surface area contributed by atoms with E-state index in [1.807, 2.05) is 0 Å². The van der Waals surface area contributed by atoms with Crippen LogP contribution in [0.5, 0.6) is 11.5 Å². The third kappa shape index (κ3) is 6.88. The van der Waals surface area contributed by atoms with Crippen molar-refractivity contribution in [2.75, 3.05) is 6.61 Å². The molecule has 1 saturated heterocycles. The fourth-order valence-electron chi connectivity index (χ4n) is 3.39. The smallest absolute Gasteiger partial charge is 0.331 e. The van der Waals surface area contributed by atoms with E-state index in [-0.39, 0.29) is 11.5 Å². The second kappa shape index (κ2) is 11.8. The average Bonchev–Trinajstić information content (AvgIpc) is 2.82. The van der Waals surface area contributed by atoms with Gasteiger partial charge in [-0.25, -0.2) is 4.79 Å². The predicted octanol–water partition coefficient (Wildman–Crippen LogP) is 1.36. The van der Waals surface area contributed by atoms with Crippen LogP contribution in [0.4, 0.5) is 0 Å². The van der Waals surface area contributed by atoms with Gasteiger partial charge in [-0.1, -0.05) is 24.3 Å². The van der Waals surface area contributed by atoms with Gasteiger partial charge >= 0.3 is 5.97 Å². The van der Waals surface area contributed by atoms with Crippen LogP contribution in [0.25, 0.3) is 6.08 Å². The van der Waals surface area contributed by atoms with Gasteiger partial charge in [-0.15, -0.1) is 0 Å². The quantitative estimate of drug-likeness (QED) is 0.314. The average molecular weight is 472 g/mol. The summed E-state index contributed by atoms with van der Waals surface area (Å²) >= 11 is 0. The fourth-order valence-corrected chi connectivity index (χ4v) is 3.39. The molecule has 2 aromatic carbocycles. The summed E-state index contributed by atoms with van der Waals surface area (Å²) in [6, 6.07) is 13.0. The molecule has 1 heterocycles. The Morgan fingerprint density at radius 3 is 2.32 bits per heavy atom. The summed E-state index contributed by atoms with van der Waals surface area (Å²) < 4.78 is 16.7. The van der Waals surface area contributed by atoms with Crippen LogP contribution in [0, 0.1) is 0 Å². The minimum absolute atomic E-state index is 0.0847. The van der Waals surface area contributed by atoms with Gasteiger partial charge in [0.15, 0.2) is 6.10 Å². The molecule has 9 nitrogen and oxygen atoms in total. The van der Waals surface area contributed by atoms with E-state index >= 15 is 0 Å². The van der Waals surface area contributed by atoms with Crippen LogP contribution in [0.3, 0.4) is 0 Å². The number of carbonyl (C=O) groups excluding carboxylic acids is 2. The molecule has 1 fully saturated rings. The number of Topliss-reactive ketones (excluding diaryl/α,β-unsaturated/α-hetero) is 1. The number of ketones is 1. The summed E-state index contributed by atoms with van der Waals surface area (Å²) in [4.78, 5) is 23.6. The molecule has 3 rings (SSSR count). The maximum absolute atomic E-state index is 12.4. The Hall–Kier alpha value is -3.24. The molecule has 0 aromatic heterocycles. The number of ether oxygens (including phenoxy) is 3. The normalized spacial score (nSPS) is 24.6. The maximum atomic E-state index is 12.4. The van der Waals surface area contributed by atoms with Crippen LogP contribution in [0.2, 0.25) is 0 Å². The molecule has 0 radical (unpaired) electrons. The molecule has 0 aliphatic carbocycles. The van der Waals surface area contributed by atoms with Crippen molar-refractivity contribution in [3.63, 3.8) is 0 Å². The Balaban J connectivity index is 1.71. The highest BCUT2D eigenvalue weighted by molar-refractivity contribution is 5.87. The molecule has 4 N–H and O–H groups in total. The van der Waals surface area contributed by atoms with Crippen molar-refractivity contribution in [1.29, 1.82) is 0 Å². The first kappa shape index (κ1) is 25.4. The summed E-state index contributed by atoms with van der Waals surface area (Å²) in [5.74, 6) is -0.301. The third-order valence-electron chi connectivity index (χ3n) is 5.32. The van der Waals surface area contributed by atoms with Gasteiger partial charge in [-0.3, -0.25) is 0 Å². The van der Waals surface area contributed by atoms with E-state index in [1.165, 1.54) is 25.1 Å². The highest BCUT2D eigenvalue weighted by atomic mass is 16.7. The Kier molecular flexibility index (Phi) is 8.78. The number of aliphatic hydroxyl groups is 3. The predicted molar refractivity (Wildman–Crippen MR) is 121 cm³/mol. The van der Waals surface area contributed by atoms with E-state index in [0.717, 1.165) is 11.6 Å². The summed E-state index contributed by atoms with van der Waals surface area (Å²) in [6.45, 7) is 0.944. The zero-order valence-electron chi connectivity index (χ0n) is 18.6. The van der Waals surface area contributed by atoms with Crippen molar-refractivity contribution in [3.8, 4) is 11.5 Å². The number of phenolic OH excluding ortho intramolecular Hbond substituents is 1. The lowest BCUT2D eigenvalue weighted by Crippen LogP contribution is -2.61. The summed E-state index contributed by atoms with van der Waals surface area (Å²) in [7, 11) is 0. The lowest BCUT2D eigenvalue weighted by molar-refractivity contribution is -0.281. The summed E-state index contributed by atoms with van der Waals surface area (Å²) in [5.41, 5.74) is 1.56. The molecule has 1 aliphatic heterocycles. The highest BCUT2D eigenvalue weighted by Crippen LogP contribution is 2.27. The summed E-state index contributed by atoms with van der Waals surface area (Å²) in [6.07, 6.45) is -3.31. The van der Waals surface area contributed by atoms with E-state index in [1.54, 1.807) is 36.4 Å². The van der Waals surface area contributed by atoms with Gasteiger partial charge < -0.3 is 39.4 Å². The molecule has 0 amide bonds. The fraction of sp³-hybridized carbons (Fsp3) is 0.360. The monoisotopic (exact) mass is 472 g/mol. The standard InChI is InChI=1S/C25H28O9/c1-15(27)2-3-16-6-11-19(12-7-16)32-25-24(23(31)22(30)20(14-26)33-25)34-21(29)13-8-17-4-9-18(28)10-5-17/h4-13,20,22-26,28,30-31H,2-3,14H2,1H3/b13-8+/t20-,22-,23+,24-,25-/m1/s1. The molecule has 0 bridgehead atoms. The van der Waals surface area contributed by atoms with Crippen molar-refractivity contribution in [2.24, 2.45) is 0 Å². The second-order valence-electron chi connectivity index (χ2n) is 8.00. The molecule has 0 saturated carbocycles. The number of hydrogen-bond donors (Lipinski definition) is 4.